The van der Waals surface area contributed by atoms with E-state index in [-0.39, 0.29) is 0 Å². The van der Waals surface area contributed by atoms with Crippen LogP contribution in [0.1, 0.15) is 0 Å². The minimum absolute atomic E-state index is 0.663. The standard InChI is InChI=1S/C4H11O7PS2/c1-10-12(5)4(13(2,6)7)11-14(3,8)9/h4,12H,1-3H3. The first-order valence-electron chi connectivity index (χ1n) is 3.23. The van der Waals surface area contributed by atoms with E-state index in [9.17, 15) is 21.4 Å². The maximum Gasteiger partial charge on any atom is 0.266 e. The van der Waals surface area contributed by atoms with Gasteiger partial charge in [0, 0.05) is 13.4 Å². The van der Waals surface area contributed by atoms with Gasteiger partial charge >= 0.3 is 0 Å². The van der Waals surface area contributed by atoms with Gasteiger partial charge in [0.25, 0.3) is 10.1 Å². The van der Waals surface area contributed by atoms with Crippen molar-refractivity contribution in [3.63, 3.8) is 0 Å². The first-order chi connectivity index (χ1) is 6.08. The summed E-state index contributed by atoms with van der Waals surface area (Å²) in [5.41, 5.74) is 0. The highest BCUT2D eigenvalue weighted by Gasteiger charge is 2.32. The molecule has 0 N–H and O–H groups in total. The molecule has 0 rings (SSSR count). The first kappa shape index (κ1) is 14.1. The van der Waals surface area contributed by atoms with Crippen molar-refractivity contribution >= 4 is 28.0 Å². The predicted molar refractivity (Wildman–Crippen MR) is 50.6 cm³/mol. The van der Waals surface area contributed by atoms with Gasteiger partial charge in [-0.15, -0.1) is 0 Å². The van der Waals surface area contributed by atoms with Crippen LogP contribution in [-0.4, -0.2) is 41.6 Å². The van der Waals surface area contributed by atoms with Crippen LogP contribution in [0.3, 0.4) is 0 Å². The zero-order valence-electron chi connectivity index (χ0n) is 7.75. The average molecular weight is 266 g/mol. The molecule has 2 unspecified atom stereocenters. The molecule has 0 bridgehead atoms. The molecule has 0 aromatic heterocycles. The molecule has 0 radical (unpaired) electrons. The third-order valence-corrected chi connectivity index (χ3v) is 5.52. The van der Waals surface area contributed by atoms with Gasteiger partial charge in [-0.1, -0.05) is 0 Å². The zero-order valence-corrected chi connectivity index (χ0v) is 10.4. The highest BCUT2D eigenvalue weighted by molar-refractivity contribution is 7.97. The summed E-state index contributed by atoms with van der Waals surface area (Å²) in [6, 6.07) is 0. The molecular weight excluding hydrogens is 255 g/mol. The van der Waals surface area contributed by atoms with Crippen molar-refractivity contribution in [1.82, 2.24) is 0 Å². The second kappa shape index (κ2) is 4.71. The van der Waals surface area contributed by atoms with Crippen molar-refractivity contribution in [3.8, 4) is 0 Å². The molecule has 86 valence electrons. The van der Waals surface area contributed by atoms with Crippen LogP contribution >= 0.6 is 8.03 Å². The predicted octanol–water partition coefficient (Wildman–Crippen LogP) is -0.588. The van der Waals surface area contributed by atoms with Crippen LogP contribution in [0.5, 0.6) is 0 Å². The lowest BCUT2D eigenvalue weighted by Gasteiger charge is -2.12. The van der Waals surface area contributed by atoms with Crippen molar-refractivity contribution in [2.75, 3.05) is 19.6 Å². The van der Waals surface area contributed by atoms with Gasteiger partial charge in [-0.25, -0.2) is 12.6 Å². The van der Waals surface area contributed by atoms with Gasteiger partial charge in [0.15, 0.2) is 9.84 Å². The minimum atomic E-state index is -4.00. The van der Waals surface area contributed by atoms with Crippen molar-refractivity contribution < 1.29 is 30.1 Å². The summed E-state index contributed by atoms with van der Waals surface area (Å²) in [6.07, 6.45) is 1.38. The molecule has 0 spiro atoms. The van der Waals surface area contributed by atoms with E-state index in [1.54, 1.807) is 0 Å². The van der Waals surface area contributed by atoms with E-state index in [0.29, 0.717) is 12.5 Å². The van der Waals surface area contributed by atoms with Crippen LogP contribution in [0.2, 0.25) is 0 Å². The Balaban J connectivity index is 5.06. The Labute approximate surface area is 83.3 Å². The fourth-order valence-electron chi connectivity index (χ4n) is 0.540. The third-order valence-electron chi connectivity index (χ3n) is 1.04. The van der Waals surface area contributed by atoms with Gasteiger partial charge < -0.3 is 4.52 Å². The maximum atomic E-state index is 11.0. The molecule has 0 saturated carbocycles. The van der Waals surface area contributed by atoms with Crippen LogP contribution in [0.15, 0.2) is 0 Å². The Morgan fingerprint density at radius 1 is 1.14 bits per heavy atom. The summed E-state index contributed by atoms with van der Waals surface area (Å²) in [4.78, 5) is 0. The van der Waals surface area contributed by atoms with E-state index in [1.807, 2.05) is 0 Å². The number of hydrogen-bond acceptors (Lipinski definition) is 7. The number of rotatable bonds is 5. The van der Waals surface area contributed by atoms with Crippen LogP contribution in [0.4, 0.5) is 0 Å². The molecule has 2 atom stereocenters. The molecule has 0 aliphatic carbocycles. The van der Waals surface area contributed by atoms with E-state index in [4.69, 9.17) is 0 Å². The van der Waals surface area contributed by atoms with Crippen molar-refractivity contribution in [2.45, 2.75) is 5.18 Å². The molecule has 10 heteroatoms. The molecule has 14 heavy (non-hydrogen) atoms. The van der Waals surface area contributed by atoms with Gasteiger partial charge in [0.1, 0.15) is 0 Å². The van der Waals surface area contributed by atoms with E-state index >= 15 is 0 Å². The lowest BCUT2D eigenvalue weighted by atomic mass is 11.7. The third kappa shape index (κ3) is 5.06. The molecule has 7 nitrogen and oxygen atoms in total. The van der Waals surface area contributed by atoms with Gasteiger partial charge in [-0.05, 0) is 0 Å². The van der Waals surface area contributed by atoms with Crippen molar-refractivity contribution in [1.29, 1.82) is 0 Å². The maximum absolute atomic E-state index is 11.0. The normalized spacial score (nSPS) is 17.6. The van der Waals surface area contributed by atoms with E-state index in [0.717, 1.165) is 7.11 Å². The molecule has 0 amide bonds. The number of hydrogen-bond donors (Lipinski definition) is 0. The molecule has 0 heterocycles. The smallest absolute Gasteiger partial charge is 0.266 e. The highest BCUT2D eigenvalue weighted by atomic mass is 32.2. The van der Waals surface area contributed by atoms with E-state index in [1.165, 1.54) is 0 Å². The Bertz CT molecular complexity index is 407. The first-order valence-corrected chi connectivity index (χ1v) is 8.39. The summed E-state index contributed by atoms with van der Waals surface area (Å²) in [6.45, 7) is 0. The summed E-state index contributed by atoms with van der Waals surface area (Å²) in [5.74, 6) is 0. The molecule has 0 aromatic rings. The van der Waals surface area contributed by atoms with Crippen LogP contribution in [-0.2, 0) is 33.2 Å². The molecule has 0 aromatic carbocycles. The van der Waals surface area contributed by atoms with Gasteiger partial charge in [0.05, 0.1) is 6.26 Å². The summed E-state index contributed by atoms with van der Waals surface area (Å²) in [7, 11) is -9.99. The van der Waals surface area contributed by atoms with Crippen molar-refractivity contribution in [3.05, 3.63) is 0 Å². The van der Waals surface area contributed by atoms with Gasteiger partial charge in [0.2, 0.25) is 13.2 Å². The Kier molecular flexibility index (Phi) is 4.73. The Morgan fingerprint density at radius 3 is 1.79 bits per heavy atom. The van der Waals surface area contributed by atoms with Crippen LogP contribution < -0.4 is 0 Å². The fourth-order valence-corrected chi connectivity index (χ4v) is 4.58. The minimum Gasteiger partial charge on any atom is -0.331 e. The average Bonchev–Trinajstić information content (AvgIpc) is 1.95. The Hall–Kier alpha value is 0.0500. The zero-order chi connectivity index (χ0) is 11.6. The SMILES string of the molecule is CO[PH](=O)C(OS(C)(=O)=O)S(C)(=O)=O. The van der Waals surface area contributed by atoms with Crippen LogP contribution in [0.25, 0.3) is 0 Å². The molecule has 0 aliphatic heterocycles. The second-order valence-corrected chi connectivity index (χ2v) is 8.16. The fraction of sp³-hybridized carbons (Fsp3) is 1.00. The van der Waals surface area contributed by atoms with Gasteiger partial charge in [-0.3, -0.25) is 4.57 Å². The lowest BCUT2D eigenvalue weighted by molar-refractivity contribution is 0.310. The molecule has 0 fully saturated rings. The Morgan fingerprint density at radius 2 is 1.57 bits per heavy atom. The lowest BCUT2D eigenvalue weighted by Crippen LogP contribution is -2.23. The van der Waals surface area contributed by atoms with Crippen molar-refractivity contribution in [2.24, 2.45) is 0 Å². The molecule has 0 saturated heterocycles. The van der Waals surface area contributed by atoms with E-state index < -0.39 is 33.2 Å². The van der Waals surface area contributed by atoms with Gasteiger partial charge in [-0.2, -0.15) is 8.42 Å². The summed E-state index contributed by atoms with van der Waals surface area (Å²) in [5, 5.41) is -1.95. The highest BCUT2D eigenvalue weighted by Crippen LogP contribution is 2.33. The van der Waals surface area contributed by atoms with E-state index in [2.05, 4.69) is 8.71 Å². The number of sulfone groups is 1. The summed E-state index contributed by atoms with van der Waals surface area (Å²) < 4.78 is 62.7. The van der Waals surface area contributed by atoms with Crippen LogP contribution in [0, 0.1) is 0 Å². The largest absolute Gasteiger partial charge is 0.331 e. The summed E-state index contributed by atoms with van der Waals surface area (Å²) >= 11 is 0. The topological polar surface area (TPSA) is 104 Å². The second-order valence-electron chi connectivity index (χ2n) is 2.48. The monoisotopic (exact) mass is 266 g/mol. The quantitative estimate of drug-likeness (QED) is 0.484. The molecule has 0 aliphatic rings. The molecular formula is C4H11O7PS2.